The lowest BCUT2D eigenvalue weighted by molar-refractivity contribution is 0.441. The van der Waals surface area contributed by atoms with Crippen LogP contribution in [0.15, 0.2) is 20.2 Å². The molecule has 0 rings (SSSR count). The first-order chi connectivity index (χ1) is 9.74. The molecule has 0 N–H and O–H groups in total. The molecule has 8 heteroatoms. The van der Waals surface area contributed by atoms with Gasteiger partial charge in [0.1, 0.15) is 0 Å². The number of aliphatic imine (C=N–C) groups is 2. The zero-order valence-corrected chi connectivity index (χ0v) is 14.7. The van der Waals surface area contributed by atoms with Gasteiger partial charge in [-0.1, -0.05) is 0 Å². The molecule has 0 bridgehead atoms. The molecule has 0 unspecified atom stereocenters. The van der Waals surface area contributed by atoms with Gasteiger partial charge in [-0.05, 0) is 6.92 Å². The van der Waals surface area contributed by atoms with E-state index >= 15 is 0 Å². The molecule has 0 aliphatic carbocycles. The maximum atomic E-state index is 4.42. The highest BCUT2D eigenvalue weighted by Crippen LogP contribution is 1.95. The maximum absolute atomic E-state index is 4.42. The molecule has 0 saturated heterocycles. The maximum Gasteiger partial charge on any atom is 0.216 e. The third-order valence-corrected chi connectivity index (χ3v) is 2.50. The van der Waals surface area contributed by atoms with Crippen LogP contribution in [-0.4, -0.2) is 100 Å². The van der Waals surface area contributed by atoms with Crippen LogP contribution < -0.4 is 0 Å². The molecule has 0 atom stereocenters. The first-order valence-electron chi connectivity index (χ1n) is 6.59. The predicted molar refractivity (Wildman–Crippen MR) is 91.2 cm³/mol. The van der Waals surface area contributed by atoms with Gasteiger partial charge in [0.15, 0.2) is 0 Å². The number of nitrogens with zero attached hydrogens (tertiary/aromatic N) is 8. The highest BCUT2D eigenvalue weighted by Gasteiger charge is 2.07. The molecule has 0 aromatic carbocycles. The third kappa shape index (κ3) is 6.24. The summed E-state index contributed by atoms with van der Waals surface area (Å²) >= 11 is 0. The van der Waals surface area contributed by atoms with Crippen LogP contribution in [0.4, 0.5) is 0 Å². The minimum Gasteiger partial charge on any atom is -0.348 e. The van der Waals surface area contributed by atoms with Gasteiger partial charge in [-0.25, -0.2) is 10.0 Å². The van der Waals surface area contributed by atoms with Crippen molar-refractivity contribution < 1.29 is 0 Å². The van der Waals surface area contributed by atoms with Crippen LogP contribution in [0.5, 0.6) is 0 Å². The fraction of sp³-hybridized carbons (Fsp3) is 0.692. The van der Waals surface area contributed by atoms with Crippen LogP contribution in [0.1, 0.15) is 6.92 Å². The van der Waals surface area contributed by atoms with Gasteiger partial charge in [-0.3, -0.25) is 9.98 Å². The molecule has 0 aromatic heterocycles. The van der Waals surface area contributed by atoms with Crippen molar-refractivity contribution in [2.45, 2.75) is 6.92 Å². The van der Waals surface area contributed by atoms with Crippen LogP contribution in [0.25, 0.3) is 0 Å². The van der Waals surface area contributed by atoms with Gasteiger partial charge in [-0.2, -0.15) is 10.2 Å². The summed E-state index contributed by atoms with van der Waals surface area (Å²) in [6.45, 7) is 1.88. The van der Waals surface area contributed by atoms with Crippen molar-refractivity contribution in [1.29, 1.82) is 0 Å². The molecular formula is C13H28N8. The second-order valence-corrected chi connectivity index (χ2v) is 4.87. The highest BCUT2D eigenvalue weighted by molar-refractivity contribution is 6.29. The zero-order chi connectivity index (χ0) is 16.6. The number of rotatable bonds is 3. The quantitative estimate of drug-likeness (QED) is 0.427. The number of guanidine groups is 2. The lowest BCUT2D eigenvalue weighted by Crippen LogP contribution is -2.36. The molecule has 21 heavy (non-hydrogen) atoms. The normalized spacial score (nSPS) is 13.7. The van der Waals surface area contributed by atoms with Gasteiger partial charge in [0.2, 0.25) is 11.9 Å². The molecule has 120 valence electrons. The van der Waals surface area contributed by atoms with Crippen molar-refractivity contribution in [2.75, 3.05) is 56.4 Å². The van der Waals surface area contributed by atoms with E-state index < -0.39 is 0 Å². The molecular weight excluding hydrogens is 268 g/mol. The predicted octanol–water partition coefficient (Wildman–Crippen LogP) is 0.307. The molecule has 0 aliphatic heterocycles. The van der Waals surface area contributed by atoms with Gasteiger partial charge in [0.25, 0.3) is 0 Å². The molecule has 8 nitrogen and oxygen atoms in total. The van der Waals surface area contributed by atoms with Gasteiger partial charge in [0, 0.05) is 56.4 Å². The van der Waals surface area contributed by atoms with Crippen molar-refractivity contribution in [1.82, 2.24) is 19.8 Å². The minimum atomic E-state index is 0.761. The Hall–Kier alpha value is -2.12. The first-order valence-corrected chi connectivity index (χ1v) is 6.59. The van der Waals surface area contributed by atoms with E-state index in [0.29, 0.717) is 0 Å². The molecule has 0 amide bonds. The number of hydrogen-bond acceptors (Lipinski definition) is 4. The summed E-state index contributed by atoms with van der Waals surface area (Å²) in [7, 11) is 14.8. The fourth-order valence-corrected chi connectivity index (χ4v) is 1.80. The Kier molecular flexibility index (Phi) is 8.03. The van der Waals surface area contributed by atoms with E-state index in [1.165, 1.54) is 0 Å². The van der Waals surface area contributed by atoms with Crippen molar-refractivity contribution in [3.05, 3.63) is 0 Å². The Bertz CT molecular complexity index is 433. The molecule has 0 aliphatic rings. The molecule has 0 radical (unpaired) electrons. The Balaban J connectivity index is 4.93. The monoisotopic (exact) mass is 296 g/mol. The SMILES string of the molecule is CN=C(N(C)C)N(C)/N=C\C(C)=N/N(C)C(=NC)N(C)C. The van der Waals surface area contributed by atoms with Crippen molar-refractivity contribution in [2.24, 2.45) is 20.2 Å². The van der Waals surface area contributed by atoms with Crippen LogP contribution in [0, 0.1) is 0 Å². The fourth-order valence-electron chi connectivity index (χ4n) is 1.80. The van der Waals surface area contributed by atoms with E-state index in [0.717, 1.165) is 17.6 Å². The van der Waals surface area contributed by atoms with Crippen molar-refractivity contribution >= 4 is 23.8 Å². The van der Waals surface area contributed by atoms with Crippen LogP contribution >= 0.6 is 0 Å². The Morgan fingerprint density at radius 3 is 1.57 bits per heavy atom. The third-order valence-electron chi connectivity index (χ3n) is 2.50. The summed E-state index contributed by atoms with van der Waals surface area (Å²) in [6, 6.07) is 0. The molecule has 0 saturated carbocycles. The summed E-state index contributed by atoms with van der Waals surface area (Å²) < 4.78 is 0. The molecule has 0 fully saturated rings. The van der Waals surface area contributed by atoms with Crippen molar-refractivity contribution in [3.63, 3.8) is 0 Å². The van der Waals surface area contributed by atoms with E-state index in [9.17, 15) is 0 Å². The van der Waals surface area contributed by atoms with E-state index in [-0.39, 0.29) is 0 Å². The summed E-state index contributed by atoms with van der Waals surface area (Å²) in [6.07, 6.45) is 1.69. The Labute approximate surface area is 128 Å². The largest absolute Gasteiger partial charge is 0.348 e. The van der Waals surface area contributed by atoms with Gasteiger partial charge in [0.05, 0.1) is 11.9 Å². The highest BCUT2D eigenvalue weighted by atomic mass is 15.5. The van der Waals surface area contributed by atoms with Gasteiger partial charge >= 0.3 is 0 Å². The topological polar surface area (TPSA) is 62.4 Å². The minimum absolute atomic E-state index is 0.761. The first kappa shape index (κ1) is 18.9. The van der Waals surface area contributed by atoms with E-state index in [4.69, 9.17) is 0 Å². The summed E-state index contributed by atoms with van der Waals surface area (Å²) in [5.74, 6) is 1.52. The summed E-state index contributed by atoms with van der Waals surface area (Å²) in [5.41, 5.74) is 0.765. The Morgan fingerprint density at radius 2 is 1.19 bits per heavy atom. The molecule has 0 heterocycles. The van der Waals surface area contributed by atoms with E-state index in [1.54, 1.807) is 30.3 Å². The lowest BCUT2D eigenvalue weighted by atomic mass is 10.5. The second-order valence-electron chi connectivity index (χ2n) is 4.87. The van der Waals surface area contributed by atoms with Crippen LogP contribution in [0.2, 0.25) is 0 Å². The van der Waals surface area contributed by atoms with Gasteiger partial charge in [-0.15, -0.1) is 0 Å². The van der Waals surface area contributed by atoms with Crippen LogP contribution in [0.3, 0.4) is 0 Å². The molecule has 0 spiro atoms. The lowest BCUT2D eigenvalue weighted by Gasteiger charge is -2.22. The Morgan fingerprint density at radius 1 is 0.762 bits per heavy atom. The van der Waals surface area contributed by atoms with E-state index in [1.807, 2.05) is 59.0 Å². The van der Waals surface area contributed by atoms with E-state index in [2.05, 4.69) is 20.2 Å². The molecule has 0 aromatic rings. The average Bonchev–Trinajstić information content (AvgIpc) is 2.36. The second kappa shape index (κ2) is 8.93. The smallest absolute Gasteiger partial charge is 0.216 e. The standard InChI is InChI=1S/C13H28N8/c1-11(17-21(9)13(15-3)19(6)7)10-16-20(8)12(14-2)18(4)5/h10H,1-9H3/b14-12?,15-13?,16-10-,17-11-. The summed E-state index contributed by atoms with van der Waals surface area (Å²) in [4.78, 5) is 12.1. The van der Waals surface area contributed by atoms with Gasteiger partial charge < -0.3 is 9.80 Å². The average molecular weight is 296 g/mol. The number of hydrazone groups is 2. The summed E-state index contributed by atoms with van der Waals surface area (Å²) in [5, 5.41) is 12.1. The zero-order valence-electron chi connectivity index (χ0n) is 14.7. The number of hydrogen-bond donors (Lipinski definition) is 0. The van der Waals surface area contributed by atoms with Crippen LogP contribution in [-0.2, 0) is 0 Å². The van der Waals surface area contributed by atoms with Crippen molar-refractivity contribution in [3.8, 4) is 0 Å².